The third kappa shape index (κ3) is 4.13. The van der Waals surface area contributed by atoms with Crippen molar-refractivity contribution in [2.75, 3.05) is 4.90 Å². The van der Waals surface area contributed by atoms with Gasteiger partial charge in [-0.25, -0.2) is 0 Å². The van der Waals surface area contributed by atoms with Crippen LogP contribution in [0.4, 0.5) is 17.1 Å². The summed E-state index contributed by atoms with van der Waals surface area (Å²) in [7, 11) is 0. The summed E-state index contributed by atoms with van der Waals surface area (Å²) in [5.41, 5.74) is 12.0. The number of benzene rings is 7. The molecule has 0 radical (unpaired) electrons. The number of aryl methyl sites for hydroxylation is 1. The summed E-state index contributed by atoms with van der Waals surface area (Å²) in [5.74, 6) is 0. The normalized spacial score (nSPS) is 11.6. The van der Waals surface area contributed by atoms with Gasteiger partial charge in [-0.3, -0.25) is 0 Å². The minimum Gasteiger partial charge on any atom is -0.454 e. The van der Waals surface area contributed by atoms with Crippen LogP contribution in [0, 0.1) is 6.92 Å². The highest BCUT2D eigenvalue weighted by molar-refractivity contribution is 6.11. The molecule has 3 heteroatoms. The third-order valence-electron chi connectivity index (χ3n) is 9.03. The van der Waals surface area contributed by atoms with Crippen molar-refractivity contribution >= 4 is 60.8 Å². The van der Waals surface area contributed by atoms with Crippen molar-refractivity contribution in [2.45, 2.75) is 6.92 Å². The number of furan rings is 1. The summed E-state index contributed by atoms with van der Waals surface area (Å²) in [5, 5.41) is 4.75. The predicted molar refractivity (Wildman–Crippen MR) is 193 cm³/mol. The van der Waals surface area contributed by atoms with Crippen LogP contribution in [0.2, 0.25) is 0 Å². The molecule has 0 saturated heterocycles. The van der Waals surface area contributed by atoms with Gasteiger partial charge in [0.25, 0.3) is 0 Å². The fraction of sp³-hybridized carbons (Fsp3) is 0.0233. The van der Waals surface area contributed by atoms with Crippen LogP contribution in [0.15, 0.2) is 168 Å². The van der Waals surface area contributed by atoms with Crippen molar-refractivity contribution < 1.29 is 4.42 Å². The van der Waals surface area contributed by atoms with E-state index >= 15 is 0 Å². The Morgan fingerprint density at radius 3 is 2.11 bits per heavy atom. The first-order valence-corrected chi connectivity index (χ1v) is 15.7. The fourth-order valence-electron chi connectivity index (χ4n) is 6.98. The Hall–Kier alpha value is -6.06. The van der Waals surface area contributed by atoms with E-state index in [1.54, 1.807) is 0 Å². The topological polar surface area (TPSA) is 21.3 Å². The Bertz CT molecular complexity index is 2560. The van der Waals surface area contributed by atoms with Crippen LogP contribution < -0.4 is 4.90 Å². The zero-order valence-electron chi connectivity index (χ0n) is 25.4. The van der Waals surface area contributed by atoms with Crippen LogP contribution in [-0.2, 0) is 0 Å². The second-order valence-corrected chi connectivity index (χ2v) is 11.9. The van der Waals surface area contributed by atoms with Crippen LogP contribution in [0.3, 0.4) is 0 Å². The van der Waals surface area contributed by atoms with Gasteiger partial charge in [-0.2, -0.15) is 0 Å². The highest BCUT2D eigenvalue weighted by atomic mass is 16.3. The number of hydrogen-bond acceptors (Lipinski definition) is 2. The SMILES string of the molecule is Cc1ccc2c3ccccc3n(-c3ccccc3-c3cccc(N(c4ccccc4)c4cccc5c4oc4ccccc45)c3)c2c1. The van der Waals surface area contributed by atoms with E-state index in [1.807, 2.05) is 12.1 Å². The minimum absolute atomic E-state index is 0.874. The van der Waals surface area contributed by atoms with Gasteiger partial charge in [0, 0.05) is 38.5 Å². The number of fused-ring (bicyclic) bond motifs is 6. The summed E-state index contributed by atoms with van der Waals surface area (Å²) < 4.78 is 8.96. The zero-order valence-corrected chi connectivity index (χ0v) is 25.4. The first-order valence-electron chi connectivity index (χ1n) is 15.7. The summed E-state index contributed by atoms with van der Waals surface area (Å²) in [4.78, 5) is 2.31. The lowest BCUT2D eigenvalue weighted by molar-refractivity contribution is 0.669. The molecule has 0 N–H and O–H groups in total. The number of anilines is 3. The molecule has 0 aliphatic rings. The fourth-order valence-corrected chi connectivity index (χ4v) is 6.98. The largest absolute Gasteiger partial charge is 0.454 e. The van der Waals surface area contributed by atoms with Crippen molar-refractivity contribution in [3.8, 4) is 16.8 Å². The molecule has 9 rings (SSSR count). The van der Waals surface area contributed by atoms with Crippen molar-refractivity contribution in [1.29, 1.82) is 0 Å². The Morgan fingerprint density at radius 1 is 0.500 bits per heavy atom. The summed E-state index contributed by atoms with van der Waals surface area (Å²) in [6.45, 7) is 2.16. The van der Waals surface area contributed by atoms with Gasteiger partial charge in [-0.1, -0.05) is 109 Å². The molecule has 0 aliphatic carbocycles. The molecule has 9 aromatic rings. The molecule has 3 nitrogen and oxygen atoms in total. The van der Waals surface area contributed by atoms with Gasteiger partial charge in [0.15, 0.2) is 5.58 Å². The van der Waals surface area contributed by atoms with E-state index in [0.717, 1.165) is 50.3 Å². The lowest BCUT2D eigenvalue weighted by Crippen LogP contribution is -2.10. The Balaban J connectivity index is 1.27. The first-order chi connectivity index (χ1) is 22.7. The maximum atomic E-state index is 6.54. The molecule has 0 spiro atoms. The molecule has 0 unspecified atom stereocenters. The van der Waals surface area contributed by atoms with Crippen LogP contribution in [-0.4, -0.2) is 4.57 Å². The molecule has 0 saturated carbocycles. The first kappa shape index (κ1) is 26.4. The lowest BCUT2D eigenvalue weighted by Gasteiger charge is -2.26. The molecule has 218 valence electrons. The van der Waals surface area contributed by atoms with Gasteiger partial charge in [0.2, 0.25) is 0 Å². The van der Waals surface area contributed by atoms with Gasteiger partial charge in [-0.15, -0.1) is 0 Å². The van der Waals surface area contributed by atoms with E-state index in [2.05, 4.69) is 168 Å². The number of rotatable bonds is 5. The maximum Gasteiger partial charge on any atom is 0.159 e. The Morgan fingerprint density at radius 2 is 1.20 bits per heavy atom. The van der Waals surface area contributed by atoms with Crippen LogP contribution in [0.25, 0.3) is 60.6 Å². The molecular weight excluding hydrogens is 560 g/mol. The molecule has 0 atom stereocenters. The Kier molecular flexibility index (Phi) is 6.04. The maximum absolute atomic E-state index is 6.54. The quantitative estimate of drug-likeness (QED) is 0.199. The van der Waals surface area contributed by atoms with E-state index in [9.17, 15) is 0 Å². The van der Waals surface area contributed by atoms with Crippen molar-refractivity contribution in [1.82, 2.24) is 4.57 Å². The van der Waals surface area contributed by atoms with E-state index < -0.39 is 0 Å². The lowest BCUT2D eigenvalue weighted by atomic mass is 10.0. The monoisotopic (exact) mass is 590 g/mol. The van der Waals surface area contributed by atoms with Crippen molar-refractivity contribution in [2.24, 2.45) is 0 Å². The molecule has 46 heavy (non-hydrogen) atoms. The number of aromatic nitrogens is 1. The number of hydrogen-bond donors (Lipinski definition) is 0. The van der Waals surface area contributed by atoms with E-state index in [4.69, 9.17) is 4.42 Å². The standard InChI is InChI=1S/C43H30N2O/c1-29-25-26-35-34-18-6-9-22-39(34)45(41(35)27-29)38-21-8-5-17-33(38)30-13-11-16-32(28-30)44(31-14-3-2-4-15-31)40-23-12-20-37-36-19-7-10-24-42(36)46-43(37)40/h2-28H,1H3. The van der Waals surface area contributed by atoms with Gasteiger partial charge in [-0.05, 0) is 72.6 Å². The van der Waals surface area contributed by atoms with E-state index in [-0.39, 0.29) is 0 Å². The van der Waals surface area contributed by atoms with Crippen molar-refractivity contribution in [3.63, 3.8) is 0 Å². The number of para-hydroxylation sites is 5. The van der Waals surface area contributed by atoms with E-state index in [1.165, 1.54) is 32.9 Å². The average molecular weight is 591 g/mol. The van der Waals surface area contributed by atoms with Crippen molar-refractivity contribution in [3.05, 3.63) is 169 Å². The van der Waals surface area contributed by atoms with Gasteiger partial charge >= 0.3 is 0 Å². The molecule has 0 fully saturated rings. The molecule has 0 bridgehead atoms. The van der Waals surface area contributed by atoms with Gasteiger partial charge < -0.3 is 13.9 Å². The van der Waals surface area contributed by atoms with E-state index in [0.29, 0.717) is 0 Å². The molecule has 0 amide bonds. The van der Waals surface area contributed by atoms with Gasteiger partial charge in [0.1, 0.15) is 5.58 Å². The molecular formula is C43H30N2O. The predicted octanol–water partition coefficient (Wildman–Crippen LogP) is 12.1. The second kappa shape index (κ2) is 10.5. The highest BCUT2D eigenvalue weighted by Crippen LogP contribution is 2.43. The zero-order chi connectivity index (χ0) is 30.6. The van der Waals surface area contributed by atoms with Gasteiger partial charge in [0.05, 0.1) is 22.4 Å². The molecule has 0 aliphatic heterocycles. The van der Waals surface area contributed by atoms with Crippen LogP contribution in [0.1, 0.15) is 5.56 Å². The second-order valence-electron chi connectivity index (χ2n) is 11.9. The third-order valence-corrected chi connectivity index (χ3v) is 9.03. The molecule has 7 aromatic carbocycles. The summed E-state index contributed by atoms with van der Waals surface area (Å²) in [6.07, 6.45) is 0. The Labute approximate surface area is 267 Å². The smallest absolute Gasteiger partial charge is 0.159 e. The summed E-state index contributed by atoms with van der Waals surface area (Å²) in [6, 6.07) is 58.3. The molecule has 2 aromatic heterocycles. The average Bonchev–Trinajstić information content (AvgIpc) is 3.65. The van der Waals surface area contributed by atoms with Crippen LogP contribution in [0.5, 0.6) is 0 Å². The highest BCUT2D eigenvalue weighted by Gasteiger charge is 2.21. The van der Waals surface area contributed by atoms with Crippen LogP contribution >= 0.6 is 0 Å². The number of nitrogens with zero attached hydrogens (tertiary/aromatic N) is 2. The summed E-state index contributed by atoms with van der Waals surface area (Å²) >= 11 is 0. The molecule has 2 heterocycles. The minimum atomic E-state index is 0.874.